The van der Waals surface area contributed by atoms with E-state index < -0.39 is 0 Å². The van der Waals surface area contributed by atoms with Crippen molar-refractivity contribution < 1.29 is 4.79 Å². The zero-order chi connectivity index (χ0) is 19.1. The van der Waals surface area contributed by atoms with Gasteiger partial charge in [0.1, 0.15) is 11.4 Å². The fourth-order valence-electron chi connectivity index (χ4n) is 5.06. The van der Waals surface area contributed by atoms with Crippen LogP contribution in [0.15, 0.2) is 28.5 Å². The molecule has 1 amide bonds. The molecule has 3 aliphatic rings. The van der Waals surface area contributed by atoms with Crippen molar-refractivity contribution in [3.8, 4) is 0 Å². The first-order chi connectivity index (χ1) is 13.7. The zero-order valence-corrected chi connectivity index (χ0v) is 16.8. The third kappa shape index (κ3) is 3.42. The largest absolute Gasteiger partial charge is 0.349 e. The highest BCUT2D eigenvalue weighted by Gasteiger charge is 2.41. The Balaban J connectivity index is 1.30. The summed E-state index contributed by atoms with van der Waals surface area (Å²) in [4.78, 5) is 33.4. The number of nitrogens with one attached hydrogen (secondary N) is 1. The summed E-state index contributed by atoms with van der Waals surface area (Å²) in [7, 11) is 0. The molecule has 2 atom stereocenters. The lowest BCUT2D eigenvalue weighted by Crippen LogP contribution is -2.39. The van der Waals surface area contributed by atoms with Crippen LogP contribution in [0.4, 0.5) is 0 Å². The lowest BCUT2D eigenvalue weighted by molar-refractivity contribution is 0.0925. The minimum absolute atomic E-state index is 0.198. The van der Waals surface area contributed by atoms with Crippen LogP contribution in [-0.2, 0) is 13.1 Å². The molecule has 0 spiro atoms. The number of fused-ring (bicyclic) bond motifs is 3. The Kier molecular flexibility index (Phi) is 4.80. The van der Waals surface area contributed by atoms with Crippen molar-refractivity contribution in [1.29, 1.82) is 0 Å². The first-order valence-corrected chi connectivity index (χ1v) is 11.2. The molecule has 0 aromatic carbocycles. The van der Waals surface area contributed by atoms with Crippen molar-refractivity contribution in [2.24, 2.45) is 5.92 Å². The van der Waals surface area contributed by atoms with Gasteiger partial charge in [-0.15, -0.1) is 11.3 Å². The molecule has 6 nitrogen and oxygen atoms in total. The van der Waals surface area contributed by atoms with Gasteiger partial charge in [-0.1, -0.05) is 25.3 Å². The van der Waals surface area contributed by atoms with Gasteiger partial charge in [-0.05, 0) is 24.3 Å². The van der Waals surface area contributed by atoms with Gasteiger partial charge in [0.15, 0.2) is 0 Å². The van der Waals surface area contributed by atoms with Crippen molar-refractivity contribution in [2.45, 2.75) is 57.2 Å². The average Bonchev–Trinajstić information content (AvgIpc) is 3.39. The van der Waals surface area contributed by atoms with Gasteiger partial charge in [-0.3, -0.25) is 14.5 Å². The van der Waals surface area contributed by atoms with Gasteiger partial charge in [0.2, 0.25) is 0 Å². The van der Waals surface area contributed by atoms with Gasteiger partial charge >= 0.3 is 0 Å². The van der Waals surface area contributed by atoms with E-state index in [0.29, 0.717) is 11.8 Å². The van der Waals surface area contributed by atoms with Crippen molar-refractivity contribution in [3.63, 3.8) is 0 Å². The molecule has 2 aromatic rings. The smallest absolute Gasteiger partial charge is 0.285 e. The van der Waals surface area contributed by atoms with Crippen LogP contribution in [0.3, 0.4) is 0 Å². The highest BCUT2D eigenvalue weighted by Crippen LogP contribution is 2.38. The molecule has 7 heteroatoms. The van der Waals surface area contributed by atoms with Gasteiger partial charge in [-0.25, -0.2) is 0 Å². The number of thiophene rings is 1. The number of hydrogen-bond donors (Lipinski definition) is 1. The Hall–Kier alpha value is -1.99. The molecule has 2 fully saturated rings. The number of hydrogen-bond acceptors (Lipinski definition) is 5. The highest BCUT2D eigenvalue weighted by atomic mass is 32.1. The Morgan fingerprint density at radius 1 is 1.21 bits per heavy atom. The predicted molar refractivity (Wildman–Crippen MR) is 109 cm³/mol. The van der Waals surface area contributed by atoms with E-state index >= 15 is 0 Å². The molecule has 28 heavy (non-hydrogen) atoms. The van der Waals surface area contributed by atoms with Crippen LogP contribution in [0.2, 0.25) is 0 Å². The summed E-state index contributed by atoms with van der Waals surface area (Å²) in [6, 6.07) is 4.46. The van der Waals surface area contributed by atoms with Crippen LogP contribution in [-0.4, -0.2) is 39.5 Å². The fourth-order valence-corrected chi connectivity index (χ4v) is 5.80. The maximum absolute atomic E-state index is 12.6. The molecule has 4 heterocycles. The minimum Gasteiger partial charge on any atom is -0.349 e. The molecule has 1 saturated heterocycles. The van der Waals surface area contributed by atoms with Crippen molar-refractivity contribution in [2.75, 3.05) is 13.1 Å². The molecule has 1 N–H and O–H groups in total. The molecule has 1 aliphatic carbocycles. The number of carbonyl (C=O) groups excluding carboxylic acids is 1. The molecule has 0 bridgehead atoms. The SMILES string of the molecule is O=C(NC1CCCCC1)c1cn2c(nc1=O)[C@H]1CN(Cc3cccs3)C[C@@H]1C2. The fraction of sp³-hybridized carbons (Fsp3) is 0.571. The summed E-state index contributed by atoms with van der Waals surface area (Å²) in [6.07, 6.45) is 7.31. The van der Waals surface area contributed by atoms with E-state index in [2.05, 4.69) is 37.3 Å². The first kappa shape index (κ1) is 18.1. The molecule has 1 saturated carbocycles. The van der Waals surface area contributed by atoms with Gasteiger partial charge in [0, 0.05) is 55.1 Å². The van der Waals surface area contributed by atoms with Crippen LogP contribution in [0.25, 0.3) is 0 Å². The van der Waals surface area contributed by atoms with Crippen molar-refractivity contribution in [3.05, 3.63) is 50.3 Å². The number of rotatable bonds is 4. The second-order valence-electron chi connectivity index (χ2n) is 8.42. The summed E-state index contributed by atoms with van der Waals surface area (Å²) in [6.45, 7) is 3.76. The van der Waals surface area contributed by atoms with Gasteiger partial charge in [0.25, 0.3) is 11.5 Å². The van der Waals surface area contributed by atoms with Crippen LogP contribution in [0, 0.1) is 5.92 Å². The summed E-state index contributed by atoms with van der Waals surface area (Å²) < 4.78 is 2.05. The Morgan fingerprint density at radius 3 is 2.86 bits per heavy atom. The minimum atomic E-state index is -0.378. The standard InChI is InChI=1S/C21H26N4O2S/c26-20(22-15-5-2-1-3-6-15)18-13-25-10-14-9-24(11-16-7-4-8-28-16)12-17(14)19(25)23-21(18)27/h4,7-8,13-15,17H,1-3,5-6,9-12H2,(H,22,26)/t14-,17+/m1/s1. The quantitative estimate of drug-likeness (QED) is 0.860. The number of amides is 1. The number of likely N-dealkylation sites (tertiary alicyclic amines) is 1. The highest BCUT2D eigenvalue weighted by molar-refractivity contribution is 7.09. The van der Waals surface area contributed by atoms with Crippen LogP contribution in [0.5, 0.6) is 0 Å². The Morgan fingerprint density at radius 2 is 2.07 bits per heavy atom. The maximum atomic E-state index is 12.6. The molecule has 0 radical (unpaired) electrons. The van der Waals surface area contributed by atoms with Gasteiger partial charge < -0.3 is 9.88 Å². The number of aromatic nitrogens is 2. The summed E-state index contributed by atoms with van der Waals surface area (Å²) >= 11 is 1.79. The molecule has 0 unspecified atom stereocenters. The molecule has 2 aromatic heterocycles. The lowest BCUT2D eigenvalue weighted by atomic mass is 9.95. The van der Waals surface area contributed by atoms with E-state index in [1.807, 2.05) is 0 Å². The molecule has 148 valence electrons. The second-order valence-corrected chi connectivity index (χ2v) is 9.45. The third-order valence-electron chi connectivity index (χ3n) is 6.45. The van der Waals surface area contributed by atoms with E-state index in [1.54, 1.807) is 17.5 Å². The molecule has 2 aliphatic heterocycles. The first-order valence-electron chi connectivity index (χ1n) is 10.3. The Bertz CT molecular complexity index is 917. The monoisotopic (exact) mass is 398 g/mol. The number of nitrogens with zero attached hydrogens (tertiary/aromatic N) is 3. The van der Waals surface area contributed by atoms with E-state index in [1.165, 1.54) is 11.3 Å². The van der Waals surface area contributed by atoms with E-state index in [9.17, 15) is 9.59 Å². The predicted octanol–water partition coefficient (Wildman–Crippen LogP) is 2.60. The zero-order valence-electron chi connectivity index (χ0n) is 16.0. The van der Waals surface area contributed by atoms with Gasteiger partial charge in [-0.2, -0.15) is 4.98 Å². The lowest BCUT2D eigenvalue weighted by Gasteiger charge is -2.22. The van der Waals surface area contributed by atoms with Crippen LogP contribution < -0.4 is 10.9 Å². The van der Waals surface area contributed by atoms with E-state index in [4.69, 9.17) is 0 Å². The Labute approximate surface area is 168 Å². The third-order valence-corrected chi connectivity index (χ3v) is 7.31. The summed E-state index contributed by atoms with van der Waals surface area (Å²) in [5, 5.41) is 5.16. The second kappa shape index (κ2) is 7.44. The van der Waals surface area contributed by atoms with E-state index in [-0.39, 0.29) is 23.1 Å². The average molecular weight is 399 g/mol. The molecular weight excluding hydrogens is 372 g/mol. The normalized spacial score (nSPS) is 24.9. The topological polar surface area (TPSA) is 67.2 Å². The van der Waals surface area contributed by atoms with E-state index in [0.717, 1.165) is 57.7 Å². The van der Waals surface area contributed by atoms with Crippen molar-refractivity contribution in [1.82, 2.24) is 19.8 Å². The summed E-state index contributed by atoms with van der Waals surface area (Å²) in [5.41, 5.74) is -0.179. The van der Waals surface area contributed by atoms with Gasteiger partial charge in [0.05, 0.1) is 0 Å². The maximum Gasteiger partial charge on any atom is 0.285 e. The van der Waals surface area contributed by atoms with Crippen LogP contribution >= 0.6 is 11.3 Å². The summed E-state index contributed by atoms with van der Waals surface area (Å²) in [5.74, 6) is 1.38. The molecular formula is C21H26N4O2S. The van der Waals surface area contributed by atoms with Crippen LogP contribution in [0.1, 0.15) is 59.1 Å². The number of carbonyl (C=O) groups is 1. The van der Waals surface area contributed by atoms with Crippen molar-refractivity contribution >= 4 is 17.2 Å². The molecule has 5 rings (SSSR count).